The summed E-state index contributed by atoms with van der Waals surface area (Å²) in [5.41, 5.74) is 5.69. The molecule has 0 spiro atoms. The minimum atomic E-state index is 0.158. The Kier molecular flexibility index (Phi) is 5.75. The largest absolute Gasteiger partial charge is 0.461 e. The molecule has 112 valence electrons. The van der Waals surface area contributed by atoms with Gasteiger partial charge < -0.3 is 24.8 Å². The maximum absolute atomic E-state index is 5.69. The van der Waals surface area contributed by atoms with Gasteiger partial charge in [-0.05, 0) is 6.42 Å². The fourth-order valence-corrected chi connectivity index (χ4v) is 1.77. The van der Waals surface area contributed by atoms with E-state index in [2.05, 4.69) is 21.9 Å². The predicted octanol–water partition coefficient (Wildman–Crippen LogP) is 0.0958. The zero-order valence-electron chi connectivity index (χ0n) is 11.7. The Balaban J connectivity index is 1.90. The van der Waals surface area contributed by atoms with Gasteiger partial charge in [0.2, 0.25) is 11.9 Å². The van der Waals surface area contributed by atoms with Crippen molar-refractivity contribution >= 4 is 11.9 Å². The van der Waals surface area contributed by atoms with Gasteiger partial charge in [0.1, 0.15) is 6.61 Å². The average molecular weight is 283 g/mol. The molecule has 1 aromatic heterocycles. The second-order valence-electron chi connectivity index (χ2n) is 4.34. The lowest BCUT2D eigenvalue weighted by Crippen LogP contribution is -2.37. The second kappa shape index (κ2) is 7.81. The minimum absolute atomic E-state index is 0.158. The number of hydrogen-bond acceptors (Lipinski definition) is 8. The maximum atomic E-state index is 5.69. The molecule has 8 nitrogen and oxygen atoms in total. The van der Waals surface area contributed by atoms with Crippen molar-refractivity contribution < 1.29 is 14.2 Å². The van der Waals surface area contributed by atoms with Crippen LogP contribution in [-0.4, -0.2) is 61.1 Å². The third kappa shape index (κ3) is 4.46. The SMILES string of the molecule is CCCOCCOc1nc(N)nc(N2CCOCC2)n1. The molecule has 0 bridgehead atoms. The van der Waals surface area contributed by atoms with Crippen molar-refractivity contribution in [1.82, 2.24) is 15.0 Å². The van der Waals surface area contributed by atoms with E-state index in [-0.39, 0.29) is 12.0 Å². The fraction of sp³-hybridized carbons (Fsp3) is 0.750. The van der Waals surface area contributed by atoms with Gasteiger partial charge in [-0.3, -0.25) is 0 Å². The Morgan fingerprint density at radius 3 is 2.70 bits per heavy atom. The number of anilines is 2. The van der Waals surface area contributed by atoms with Crippen LogP contribution in [0.2, 0.25) is 0 Å². The van der Waals surface area contributed by atoms with Crippen molar-refractivity contribution in [3.63, 3.8) is 0 Å². The average Bonchev–Trinajstić information content (AvgIpc) is 2.47. The third-order valence-electron chi connectivity index (χ3n) is 2.72. The van der Waals surface area contributed by atoms with Crippen LogP contribution in [0.25, 0.3) is 0 Å². The maximum Gasteiger partial charge on any atom is 0.323 e. The summed E-state index contributed by atoms with van der Waals surface area (Å²) in [6, 6.07) is 0.235. The van der Waals surface area contributed by atoms with Gasteiger partial charge >= 0.3 is 6.01 Å². The van der Waals surface area contributed by atoms with E-state index in [9.17, 15) is 0 Å². The van der Waals surface area contributed by atoms with Crippen molar-refractivity contribution in [2.45, 2.75) is 13.3 Å². The molecule has 1 aliphatic heterocycles. The Labute approximate surface area is 118 Å². The normalized spacial score (nSPS) is 15.3. The summed E-state index contributed by atoms with van der Waals surface area (Å²) in [6.07, 6.45) is 0.986. The van der Waals surface area contributed by atoms with Crippen LogP contribution < -0.4 is 15.4 Å². The predicted molar refractivity (Wildman–Crippen MR) is 73.9 cm³/mol. The number of nitrogens with two attached hydrogens (primary N) is 1. The first-order valence-electron chi connectivity index (χ1n) is 6.84. The quantitative estimate of drug-likeness (QED) is 0.704. The van der Waals surface area contributed by atoms with Gasteiger partial charge in [0.15, 0.2) is 0 Å². The third-order valence-corrected chi connectivity index (χ3v) is 2.72. The molecule has 0 aromatic carbocycles. The van der Waals surface area contributed by atoms with Crippen LogP contribution in [0, 0.1) is 0 Å². The number of hydrogen-bond donors (Lipinski definition) is 1. The molecule has 2 rings (SSSR count). The van der Waals surface area contributed by atoms with Crippen LogP contribution in [0.15, 0.2) is 0 Å². The van der Waals surface area contributed by atoms with Gasteiger partial charge in [0.05, 0.1) is 19.8 Å². The van der Waals surface area contributed by atoms with Crippen molar-refractivity contribution in [2.24, 2.45) is 0 Å². The molecule has 0 saturated carbocycles. The number of rotatable bonds is 7. The first-order chi connectivity index (χ1) is 9.79. The molecule has 1 saturated heterocycles. The molecule has 1 aromatic rings. The topological polar surface area (TPSA) is 95.6 Å². The molecule has 1 fully saturated rings. The highest BCUT2D eigenvalue weighted by atomic mass is 16.5. The van der Waals surface area contributed by atoms with E-state index in [1.807, 2.05) is 4.90 Å². The smallest absolute Gasteiger partial charge is 0.323 e. The van der Waals surface area contributed by atoms with Crippen LogP contribution in [0.3, 0.4) is 0 Å². The molecule has 0 radical (unpaired) electrons. The summed E-state index contributed by atoms with van der Waals surface area (Å²) in [4.78, 5) is 14.4. The lowest BCUT2D eigenvalue weighted by molar-refractivity contribution is 0.0970. The van der Waals surface area contributed by atoms with Gasteiger partial charge in [-0.2, -0.15) is 15.0 Å². The van der Waals surface area contributed by atoms with E-state index in [1.54, 1.807) is 0 Å². The van der Waals surface area contributed by atoms with Gasteiger partial charge in [0.25, 0.3) is 0 Å². The minimum Gasteiger partial charge on any atom is -0.461 e. The van der Waals surface area contributed by atoms with E-state index < -0.39 is 0 Å². The molecule has 8 heteroatoms. The molecule has 0 amide bonds. The first kappa shape index (κ1) is 14.7. The van der Waals surface area contributed by atoms with Crippen molar-refractivity contribution in [3.8, 4) is 6.01 Å². The van der Waals surface area contributed by atoms with Crippen LogP contribution in [0.5, 0.6) is 6.01 Å². The molecule has 2 heterocycles. The van der Waals surface area contributed by atoms with Crippen molar-refractivity contribution in [2.75, 3.05) is 56.8 Å². The molecule has 1 aliphatic rings. The van der Waals surface area contributed by atoms with Crippen molar-refractivity contribution in [3.05, 3.63) is 0 Å². The van der Waals surface area contributed by atoms with Gasteiger partial charge in [-0.25, -0.2) is 0 Å². The van der Waals surface area contributed by atoms with E-state index >= 15 is 0 Å². The summed E-state index contributed by atoms with van der Waals surface area (Å²) in [6.45, 7) is 6.48. The van der Waals surface area contributed by atoms with Crippen molar-refractivity contribution in [1.29, 1.82) is 0 Å². The lowest BCUT2D eigenvalue weighted by atomic mass is 10.4. The Morgan fingerprint density at radius 2 is 1.95 bits per heavy atom. The Morgan fingerprint density at radius 1 is 1.15 bits per heavy atom. The Bertz CT molecular complexity index is 412. The highest BCUT2D eigenvalue weighted by molar-refractivity contribution is 5.36. The first-order valence-corrected chi connectivity index (χ1v) is 6.84. The van der Waals surface area contributed by atoms with E-state index in [0.29, 0.717) is 32.4 Å². The molecule has 0 unspecified atom stereocenters. The standard InChI is InChI=1S/C12H21N5O3/c1-2-5-18-8-9-20-12-15-10(13)14-11(16-12)17-3-6-19-7-4-17/h2-9H2,1H3,(H2,13,14,15,16). The molecule has 0 aliphatic carbocycles. The fourth-order valence-electron chi connectivity index (χ4n) is 1.77. The Hall–Kier alpha value is -1.67. The van der Waals surface area contributed by atoms with Crippen LogP contribution >= 0.6 is 0 Å². The summed E-state index contributed by atoms with van der Waals surface area (Å²) in [5, 5.41) is 0. The highest BCUT2D eigenvalue weighted by Crippen LogP contribution is 2.14. The summed E-state index contributed by atoms with van der Waals surface area (Å²) in [7, 11) is 0. The zero-order chi connectivity index (χ0) is 14.2. The van der Waals surface area contributed by atoms with Crippen LogP contribution in [0.4, 0.5) is 11.9 Å². The van der Waals surface area contributed by atoms with E-state index in [1.165, 1.54) is 0 Å². The number of morpholine rings is 1. The van der Waals surface area contributed by atoms with Gasteiger partial charge in [0, 0.05) is 19.7 Å². The molecular formula is C12H21N5O3. The van der Waals surface area contributed by atoms with Gasteiger partial charge in [-0.15, -0.1) is 0 Å². The summed E-state index contributed by atoms with van der Waals surface area (Å²) >= 11 is 0. The number of nitrogens with zero attached hydrogens (tertiary/aromatic N) is 4. The highest BCUT2D eigenvalue weighted by Gasteiger charge is 2.16. The van der Waals surface area contributed by atoms with E-state index in [4.69, 9.17) is 19.9 Å². The summed E-state index contributed by atoms with van der Waals surface area (Å²) in [5.74, 6) is 0.691. The molecule has 20 heavy (non-hydrogen) atoms. The monoisotopic (exact) mass is 283 g/mol. The lowest BCUT2D eigenvalue weighted by Gasteiger charge is -2.26. The van der Waals surface area contributed by atoms with Gasteiger partial charge in [-0.1, -0.05) is 6.92 Å². The molecule has 0 atom stereocenters. The molecule has 2 N–H and O–H groups in total. The zero-order valence-corrected chi connectivity index (χ0v) is 11.7. The van der Waals surface area contributed by atoms with E-state index in [0.717, 1.165) is 26.1 Å². The van der Waals surface area contributed by atoms with Crippen LogP contribution in [-0.2, 0) is 9.47 Å². The van der Waals surface area contributed by atoms with Crippen LogP contribution in [0.1, 0.15) is 13.3 Å². The number of aromatic nitrogens is 3. The number of ether oxygens (including phenoxy) is 3. The number of nitrogen functional groups attached to an aromatic ring is 1. The second-order valence-corrected chi connectivity index (χ2v) is 4.34. The molecular weight excluding hydrogens is 262 g/mol. The summed E-state index contributed by atoms with van der Waals surface area (Å²) < 4.78 is 16.1.